The number of β-amino-alcohol motifs (C(OH)–C–C–N with tert-alkyl or cyclic N) is 1. The highest BCUT2D eigenvalue weighted by Gasteiger charge is 2.58. The summed E-state index contributed by atoms with van der Waals surface area (Å²) in [6, 6.07) is 0. The smallest absolute Gasteiger partial charge is 0.340 e. The molecule has 5 aliphatic rings. The Balaban J connectivity index is 1.57. The number of rotatable bonds is 14. The van der Waals surface area contributed by atoms with Crippen molar-refractivity contribution in [2.75, 3.05) is 40.1 Å². The number of aliphatic hydroxyl groups excluding tert-OH is 3. The van der Waals surface area contributed by atoms with Crippen LogP contribution in [0.15, 0.2) is 59.1 Å². The third kappa shape index (κ3) is 9.13. The maximum absolute atomic E-state index is 13.9. The van der Waals surface area contributed by atoms with Gasteiger partial charge in [-0.05, 0) is 76.1 Å². The molecule has 290 valence electrons. The number of ether oxygens (including phenoxy) is 5. The molecule has 0 amide bonds. The van der Waals surface area contributed by atoms with Crippen LogP contribution >= 0.6 is 0 Å². The number of allylic oxidation sites excluding steroid dienone is 1. The van der Waals surface area contributed by atoms with Crippen LogP contribution in [0.4, 0.5) is 0 Å². The normalized spacial score (nSPS) is 32.6. The lowest BCUT2D eigenvalue weighted by Gasteiger charge is -2.48. The number of carbonyl (C=O) groups is 2. The van der Waals surface area contributed by atoms with E-state index in [1.165, 1.54) is 24.4 Å². The van der Waals surface area contributed by atoms with Crippen LogP contribution in [0.5, 0.6) is 0 Å². The number of aliphatic carboxylic acids is 1. The van der Waals surface area contributed by atoms with E-state index in [4.69, 9.17) is 23.7 Å². The van der Waals surface area contributed by atoms with E-state index in [1.807, 2.05) is 0 Å². The summed E-state index contributed by atoms with van der Waals surface area (Å²) in [7, 11) is 1.54. The van der Waals surface area contributed by atoms with Crippen molar-refractivity contribution in [1.82, 2.24) is 10.2 Å². The number of carboxylic acid groups (broad SMARTS) is 1. The second kappa shape index (κ2) is 17.8. The molecule has 7 unspecified atom stereocenters. The Labute approximate surface area is 302 Å². The van der Waals surface area contributed by atoms with Crippen LogP contribution in [0, 0.1) is 5.92 Å². The highest BCUT2D eigenvalue weighted by atomic mass is 16.8. The minimum Gasteiger partial charge on any atom is -0.478 e. The molecule has 7 atom stereocenters. The molecule has 2 aliphatic carbocycles. The summed E-state index contributed by atoms with van der Waals surface area (Å²) < 4.78 is 29.5. The van der Waals surface area contributed by atoms with E-state index in [1.54, 1.807) is 18.0 Å². The van der Waals surface area contributed by atoms with Crippen LogP contribution in [0.1, 0.15) is 57.8 Å². The molecule has 3 fully saturated rings. The van der Waals surface area contributed by atoms with Crippen LogP contribution in [0.25, 0.3) is 0 Å². The van der Waals surface area contributed by atoms with Gasteiger partial charge in [0.2, 0.25) is 12.1 Å². The third-order valence-corrected chi connectivity index (χ3v) is 10.1. The minimum atomic E-state index is -2.95. The first-order chi connectivity index (χ1) is 24.9. The molecule has 0 aromatic carbocycles. The van der Waals surface area contributed by atoms with Gasteiger partial charge in [-0.25, -0.2) is 9.59 Å². The van der Waals surface area contributed by atoms with Crippen LogP contribution in [-0.4, -0.2) is 141 Å². The third-order valence-electron chi connectivity index (χ3n) is 10.1. The topological polar surface area (TPSA) is 237 Å². The molecule has 1 saturated heterocycles. The molecule has 16 nitrogen and oxygen atoms in total. The van der Waals surface area contributed by atoms with E-state index in [0.29, 0.717) is 31.3 Å². The predicted molar refractivity (Wildman–Crippen MR) is 181 cm³/mol. The number of nitrogens with zero attached hydrogens (tertiary/aromatic N) is 1. The van der Waals surface area contributed by atoms with Gasteiger partial charge in [-0.15, -0.1) is 0 Å². The number of carbonyl (C=O) groups excluding carboxylic acids is 1. The van der Waals surface area contributed by atoms with E-state index in [-0.39, 0.29) is 43.7 Å². The SMILES string of the molecule is CNCOC1C(OC2OC=C(C(=O)OC3CCCCC3)C(O)(C=CC3=CC(C(=O)O)=CN(CCO)C3)C2C=C2CCCC2)OC(CO)C(O)C1(O)O. The van der Waals surface area contributed by atoms with E-state index in [0.717, 1.165) is 43.9 Å². The van der Waals surface area contributed by atoms with Gasteiger partial charge < -0.3 is 64.3 Å². The second-order valence-electron chi connectivity index (χ2n) is 13.9. The maximum atomic E-state index is 13.9. The average molecular weight is 737 g/mol. The Hall–Kier alpha value is -3.16. The van der Waals surface area contributed by atoms with E-state index >= 15 is 0 Å². The molecule has 2 saturated carbocycles. The quantitative estimate of drug-likeness (QED) is 0.0668. The van der Waals surface area contributed by atoms with Crippen molar-refractivity contribution in [1.29, 1.82) is 0 Å². The van der Waals surface area contributed by atoms with Gasteiger partial charge in [-0.3, -0.25) is 5.32 Å². The molecular weight excluding hydrogens is 684 g/mol. The molecular formula is C36H52N2O14. The zero-order valence-electron chi connectivity index (χ0n) is 29.3. The van der Waals surface area contributed by atoms with Gasteiger partial charge in [0.05, 0.1) is 31.4 Å². The highest BCUT2D eigenvalue weighted by Crippen LogP contribution is 2.43. The zero-order chi connectivity index (χ0) is 37.5. The number of esters is 1. The molecule has 0 aromatic rings. The summed E-state index contributed by atoms with van der Waals surface area (Å²) in [4.78, 5) is 27.5. The molecule has 3 heterocycles. The van der Waals surface area contributed by atoms with Gasteiger partial charge in [-0.1, -0.05) is 24.1 Å². The van der Waals surface area contributed by atoms with Gasteiger partial charge in [0.1, 0.15) is 35.7 Å². The highest BCUT2D eigenvalue weighted by molar-refractivity contribution is 5.92. The molecule has 0 radical (unpaired) electrons. The van der Waals surface area contributed by atoms with Crippen molar-refractivity contribution in [2.24, 2.45) is 5.92 Å². The fraction of sp³-hybridized carbons (Fsp3) is 0.667. The lowest BCUT2D eigenvalue weighted by molar-refractivity contribution is -0.412. The van der Waals surface area contributed by atoms with E-state index < -0.39 is 66.7 Å². The van der Waals surface area contributed by atoms with E-state index in [9.17, 15) is 45.3 Å². The maximum Gasteiger partial charge on any atom is 0.340 e. The van der Waals surface area contributed by atoms with Gasteiger partial charge in [0.25, 0.3) is 0 Å². The number of hydrogen-bond donors (Lipinski definition) is 8. The molecule has 0 bridgehead atoms. The van der Waals surface area contributed by atoms with Crippen LogP contribution in [0.2, 0.25) is 0 Å². The molecule has 5 rings (SSSR count). The first kappa shape index (κ1) is 40.0. The predicted octanol–water partition coefficient (Wildman–Crippen LogP) is 0.0469. The van der Waals surface area contributed by atoms with Crippen molar-refractivity contribution >= 4 is 11.9 Å². The first-order valence-electron chi connectivity index (χ1n) is 17.9. The molecule has 16 heteroatoms. The van der Waals surface area contributed by atoms with Gasteiger partial charge in [-0.2, -0.15) is 0 Å². The summed E-state index contributed by atoms with van der Waals surface area (Å²) in [6.45, 7) is -0.901. The fourth-order valence-corrected chi connectivity index (χ4v) is 7.28. The Morgan fingerprint density at radius 1 is 1.08 bits per heavy atom. The van der Waals surface area contributed by atoms with Crippen molar-refractivity contribution in [3.8, 4) is 0 Å². The molecule has 0 aromatic heterocycles. The fourth-order valence-electron chi connectivity index (χ4n) is 7.28. The van der Waals surface area contributed by atoms with E-state index in [2.05, 4.69) is 5.32 Å². The lowest BCUT2D eigenvalue weighted by Crippen LogP contribution is -2.69. The molecule has 0 spiro atoms. The van der Waals surface area contributed by atoms with Crippen molar-refractivity contribution in [2.45, 2.75) is 106 Å². The van der Waals surface area contributed by atoms with Gasteiger partial charge >= 0.3 is 11.9 Å². The molecule has 52 heavy (non-hydrogen) atoms. The van der Waals surface area contributed by atoms with Crippen molar-refractivity contribution in [3.63, 3.8) is 0 Å². The standard InChI is InChI=1S/C36H52N2O14/c1-37-21-49-30-34(51-28(19-40)29(41)36(30,46)47)52-33-26(16-22-7-5-6-8-22)35(45,27(20-48-33)32(44)50-25-9-3-2-4-10-25)12-11-23-15-24(31(42)43)18-38(17-23)13-14-39/h11-12,15-16,18,20,25-26,28-30,33-34,37,39-41,45-47H,2-10,13-14,17,19,21H2,1H3,(H,42,43). The summed E-state index contributed by atoms with van der Waals surface area (Å²) >= 11 is 0. The Kier molecular flexibility index (Phi) is 13.7. The molecule has 8 N–H and O–H groups in total. The largest absolute Gasteiger partial charge is 0.478 e. The second-order valence-corrected chi connectivity index (χ2v) is 13.9. The van der Waals surface area contributed by atoms with Crippen molar-refractivity contribution < 1.29 is 69.0 Å². The van der Waals surface area contributed by atoms with Crippen LogP contribution < -0.4 is 5.32 Å². The van der Waals surface area contributed by atoms with Gasteiger partial charge in [0.15, 0.2) is 12.4 Å². The van der Waals surface area contributed by atoms with Gasteiger partial charge in [0, 0.05) is 19.3 Å². The minimum absolute atomic E-state index is 0.0456. The number of hydrogen-bond acceptors (Lipinski definition) is 15. The summed E-state index contributed by atoms with van der Waals surface area (Å²) in [5, 5.41) is 77.3. The number of nitrogens with one attached hydrogen (secondary N) is 1. The first-order valence-corrected chi connectivity index (χ1v) is 17.9. The zero-order valence-corrected chi connectivity index (χ0v) is 29.3. The Morgan fingerprint density at radius 2 is 1.81 bits per heavy atom. The summed E-state index contributed by atoms with van der Waals surface area (Å²) in [5.74, 6) is -6.14. The Morgan fingerprint density at radius 3 is 2.46 bits per heavy atom. The Bertz CT molecular complexity index is 1410. The van der Waals surface area contributed by atoms with Crippen LogP contribution in [-0.2, 0) is 33.3 Å². The molecule has 3 aliphatic heterocycles. The average Bonchev–Trinajstić information content (AvgIpc) is 3.64. The monoisotopic (exact) mass is 736 g/mol. The van der Waals surface area contributed by atoms with Crippen molar-refractivity contribution in [3.05, 3.63) is 59.1 Å². The lowest BCUT2D eigenvalue weighted by atomic mass is 9.77. The number of carboxylic acids is 1. The van der Waals surface area contributed by atoms with Crippen LogP contribution in [0.3, 0.4) is 0 Å². The number of aliphatic hydroxyl groups is 6. The summed E-state index contributed by atoms with van der Waals surface area (Å²) in [6.07, 6.45) is 7.10. The summed E-state index contributed by atoms with van der Waals surface area (Å²) in [5.41, 5.74) is -1.07.